The highest BCUT2D eigenvalue weighted by Gasteiger charge is 2.34. The number of hydrogen-bond donors (Lipinski definition) is 1. The maximum Gasteiger partial charge on any atom is 0.253 e. The topological polar surface area (TPSA) is 101 Å². The van der Waals surface area contributed by atoms with Crippen molar-refractivity contribution in [1.29, 1.82) is 0 Å². The van der Waals surface area contributed by atoms with Crippen molar-refractivity contribution in [2.75, 3.05) is 80.8 Å². The number of carbonyl (C=O) groups excluding carboxylic acids is 3. The first-order valence-corrected chi connectivity index (χ1v) is 23.3. The molecule has 0 radical (unpaired) electrons. The van der Waals surface area contributed by atoms with Crippen molar-refractivity contribution in [3.8, 4) is 0 Å². The van der Waals surface area contributed by atoms with Gasteiger partial charge in [-0.1, -0.05) is 0 Å². The van der Waals surface area contributed by atoms with E-state index in [2.05, 4.69) is 52.8 Å². The molecule has 11 nitrogen and oxygen atoms in total. The van der Waals surface area contributed by atoms with Crippen LogP contribution in [0.25, 0.3) is 21.8 Å². The summed E-state index contributed by atoms with van der Waals surface area (Å²) in [6.07, 6.45) is 13.8. The second kappa shape index (κ2) is 19.1. The Morgan fingerprint density at radius 2 is 1.05 bits per heavy atom. The molecule has 2 atom stereocenters. The average Bonchev–Trinajstić information content (AvgIpc) is 4.08. The van der Waals surface area contributed by atoms with Crippen molar-refractivity contribution in [2.24, 2.45) is 43.7 Å². The fourth-order valence-corrected chi connectivity index (χ4v) is 11.0. The molecule has 9 rings (SSSR count). The zero-order chi connectivity index (χ0) is 42.8. The third-order valence-corrected chi connectivity index (χ3v) is 15.1. The lowest BCUT2D eigenvalue weighted by Crippen LogP contribution is -2.37. The van der Waals surface area contributed by atoms with Crippen LogP contribution in [0.15, 0.2) is 36.4 Å². The first kappa shape index (κ1) is 43.5. The zero-order valence-electron chi connectivity index (χ0n) is 37.8. The van der Waals surface area contributed by atoms with Gasteiger partial charge in [-0.2, -0.15) is 0 Å². The molecule has 4 aromatic rings. The third kappa shape index (κ3) is 9.30. The molecule has 3 fully saturated rings. The largest absolute Gasteiger partial charge is 0.381 e. The van der Waals surface area contributed by atoms with Crippen molar-refractivity contribution in [2.45, 2.75) is 77.0 Å². The Morgan fingerprint density at radius 1 is 0.607 bits per heavy atom. The fraction of sp³-hybridized carbons (Fsp3) is 0.620. The molecule has 2 aromatic carbocycles. The Hall–Kier alpha value is -4.19. The molecular weight excluding hydrogens is 765 g/mol. The van der Waals surface area contributed by atoms with Crippen LogP contribution in [-0.2, 0) is 54.0 Å². The van der Waals surface area contributed by atoms with Gasteiger partial charge in [0.15, 0.2) is 0 Å². The van der Waals surface area contributed by atoms with E-state index in [0.717, 1.165) is 100 Å². The lowest BCUT2D eigenvalue weighted by atomic mass is 9.75. The Morgan fingerprint density at radius 3 is 1.49 bits per heavy atom. The van der Waals surface area contributed by atoms with Gasteiger partial charge in [0.2, 0.25) is 5.91 Å². The van der Waals surface area contributed by atoms with Crippen molar-refractivity contribution >= 4 is 39.5 Å². The summed E-state index contributed by atoms with van der Waals surface area (Å²) in [6.45, 7) is 6.27. The van der Waals surface area contributed by atoms with Crippen LogP contribution in [0.2, 0.25) is 0 Å². The van der Waals surface area contributed by atoms with E-state index in [4.69, 9.17) is 9.47 Å². The monoisotopic (exact) mass is 835 g/mol. The zero-order valence-corrected chi connectivity index (χ0v) is 37.8. The molecule has 4 heterocycles. The number of benzene rings is 2. The summed E-state index contributed by atoms with van der Waals surface area (Å²) in [7, 11) is 11.8. The SMILES string of the molecule is CN(CCN(C)C(=O)C1CC1)C(=O)c1ccc2c(c1)c1c(n2C)CCC(C2CCOCC2)C1.CNCCN(C)C(=O)c1ccc2c(c1)c1c(n2C)CCC(C2CCOCC2)C1. The number of nitrogens with one attached hydrogen (secondary N) is 1. The van der Waals surface area contributed by atoms with E-state index in [-0.39, 0.29) is 23.6 Å². The van der Waals surface area contributed by atoms with Gasteiger partial charge in [0.05, 0.1) is 0 Å². The highest BCUT2D eigenvalue weighted by Crippen LogP contribution is 2.41. The van der Waals surface area contributed by atoms with Gasteiger partial charge in [-0.05, 0) is 155 Å². The van der Waals surface area contributed by atoms with E-state index in [9.17, 15) is 14.4 Å². The van der Waals surface area contributed by atoms with Gasteiger partial charge in [-0.3, -0.25) is 14.4 Å². The molecule has 330 valence electrons. The molecule has 2 aliphatic heterocycles. The van der Waals surface area contributed by atoms with E-state index >= 15 is 0 Å². The van der Waals surface area contributed by atoms with Crippen molar-refractivity contribution in [3.05, 3.63) is 70.0 Å². The van der Waals surface area contributed by atoms with Gasteiger partial charge in [0, 0.05) is 138 Å². The van der Waals surface area contributed by atoms with Crippen molar-refractivity contribution < 1.29 is 23.9 Å². The van der Waals surface area contributed by atoms with Crippen LogP contribution in [0.1, 0.15) is 94.6 Å². The molecule has 2 aromatic heterocycles. The molecule has 3 amide bonds. The number of ether oxygens (including phenoxy) is 2. The smallest absolute Gasteiger partial charge is 0.253 e. The van der Waals surface area contributed by atoms with Crippen LogP contribution in [0.4, 0.5) is 0 Å². The number of rotatable bonds is 11. The van der Waals surface area contributed by atoms with Gasteiger partial charge in [0.25, 0.3) is 11.8 Å². The van der Waals surface area contributed by atoms with Crippen molar-refractivity contribution in [3.63, 3.8) is 0 Å². The molecule has 5 aliphatic rings. The first-order valence-electron chi connectivity index (χ1n) is 23.3. The number of carbonyl (C=O) groups is 3. The van der Waals surface area contributed by atoms with Crippen LogP contribution >= 0.6 is 0 Å². The molecule has 2 saturated heterocycles. The number of fused-ring (bicyclic) bond motifs is 6. The number of hydrogen-bond acceptors (Lipinski definition) is 6. The molecule has 1 saturated carbocycles. The molecule has 0 spiro atoms. The summed E-state index contributed by atoms with van der Waals surface area (Å²) >= 11 is 0. The van der Waals surface area contributed by atoms with Crippen LogP contribution in [-0.4, -0.2) is 122 Å². The van der Waals surface area contributed by atoms with Gasteiger partial charge >= 0.3 is 0 Å². The summed E-state index contributed by atoms with van der Waals surface area (Å²) in [4.78, 5) is 43.6. The summed E-state index contributed by atoms with van der Waals surface area (Å²) in [6, 6.07) is 12.4. The minimum Gasteiger partial charge on any atom is -0.381 e. The average molecular weight is 835 g/mol. The highest BCUT2D eigenvalue weighted by atomic mass is 16.5. The fourth-order valence-electron chi connectivity index (χ4n) is 11.0. The number of nitrogens with zero attached hydrogens (tertiary/aromatic N) is 5. The summed E-state index contributed by atoms with van der Waals surface area (Å²) in [5.74, 6) is 3.57. The molecule has 2 unspecified atom stereocenters. The molecule has 1 N–H and O–H groups in total. The van der Waals surface area contributed by atoms with Gasteiger partial charge in [-0.25, -0.2) is 0 Å². The van der Waals surface area contributed by atoms with Gasteiger partial charge in [0.1, 0.15) is 0 Å². The lowest BCUT2D eigenvalue weighted by molar-refractivity contribution is -0.131. The maximum absolute atomic E-state index is 13.2. The minimum atomic E-state index is 0.0264. The van der Waals surface area contributed by atoms with Crippen LogP contribution < -0.4 is 5.32 Å². The van der Waals surface area contributed by atoms with Gasteiger partial charge in [-0.15, -0.1) is 0 Å². The minimum absolute atomic E-state index is 0.0264. The Balaban J connectivity index is 0.000000171. The third-order valence-electron chi connectivity index (χ3n) is 15.1. The maximum atomic E-state index is 13.2. The predicted octanol–water partition coefficient (Wildman–Crippen LogP) is 6.65. The van der Waals surface area contributed by atoms with E-state index in [1.165, 1.54) is 82.8 Å². The van der Waals surface area contributed by atoms with E-state index in [1.807, 2.05) is 40.3 Å². The van der Waals surface area contributed by atoms with Crippen molar-refractivity contribution in [1.82, 2.24) is 29.2 Å². The van der Waals surface area contributed by atoms with Crippen LogP contribution in [0.3, 0.4) is 0 Å². The molecule has 0 bridgehead atoms. The second-order valence-corrected chi connectivity index (χ2v) is 18.9. The standard InChI is InChI=1S/C27H37N3O3.C23H33N3O2/c1-28(26(31)19-4-5-19)12-13-29(2)27(32)21-7-9-25-23(17-21)22-16-20(6-8-24(22)30(25)3)18-10-14-33-15-11-18;1-24-10-11-25(2)23(27)18-5-7-22-20(15-18)19-14-17(4-6-21(19)26(22)3)16-8-12-28-13-9-16/h7,9,17-20H,4-6,8,10-16H2,1-3H3;5,7,15-17,24H,4,6,8-14H2,1-3H3. The molecule has 11 heteroatoms. The van der Waals surface area contributed by atoms with E-state index in [1.54, 1.807) is 14.7 Å². The predicted molar refractivity (Wildman–Crippen MR) is 242 cm³/mol. The van der Waals surface area contributed by atoms with E-state index in [0.29, 0.717) is 25.6 Å². The first-order chi connectivity index (χ1) is 29.5. The van der Waals surface area contributed by atoms with Crippen LogP contribution in [0, 0.1) is 29.6 Å². The number of amides is 3. The quantitative estimate of drug-likeness (QED) is 0.182. The highest BCUT2D eigenvalue weighted by molar-refractivity contribution is 6.00. The summed E-state index contributed by atoms with van der Waals surface area (Å²) in [5, 5.41) is 5.63. The Kier molecular flexibility index (Phi) is 13.6. The lowest BCUT2D eigenvalue weighted by Gasteiger charge is -2.33. The molecular formula is C50H70N6O5. The van der Waals surface area contributed by atoms with E-state index < -0.39 is 0 Å². The number of likely N-dealkylation sites (N-methyl/N-ethyl adjacent to an activating group) is 4. The Labute approximate surface area is 363 Å². The summed E-state index contributed by atoms with van der Waals surface area (Å²) < 4.78 is 15.9. The normalized spacial score (nSPS) is 20.8. The summed E-state index contributed by atoms with van der Waals surface area (Å²) in [5.41, 5.74) is 9.84. The number of aryl methyl sites for hydroxylation is 2. The second-order valence-electron chi connectivity index (χ2n) is 18.9. The van der Waals surface area contributed by atoms with Gasteiger partial charge < -0.3 is 38.6 Å². The van der Waals surface area contributed by atoms with Crippen LogP contribution in [0.5, 0.6) is 0 Å². The molecule has 61 heavy (non-hydrogen) atoms. The molecule has 3 aliphatic carbocycles. The Bertz CT molecular complexity index is 2210. The number of aromatic nitrogens is 2.